The highest BCUT2D eigenvalue weighted by molar-refractivity contribution is 5.81. The summed E-state index contributed by atoms with van der Waals surface area (Å²) in [4.78, 5) is 26.7. The maximum atomic E-state index is 12.3. The molecule has 0 aromatic carbocycles. The summed E-state index contributed by atoms with van der Waals surface area (Å²) in [7, 11) is 0. The van der Waals surface area contributed by atoms with Crippen LogP contribution < -0.4 is 5.32 Å². The van der Waals surface area contributed by atoms with Crippen LogP contribution in [0.5, 0.6) is 0 Å². The molecule has 1 saturated carbocycles. The Labute approximate surface area is 169 Å². The lowest BCUT2D eigenvalue weighted by molar-refractivity contribution is -0.159. The molecule has 162 valence electrons. The molecule has 0 spiro atoms. The van der Waals surface area contributed by atoms with Crippen LogP contribution in [0.15, 0.2) is 0 Å². The fraction of sp³-hybridized carbons (Fsp3) is 0.905. The van der Waals surface area contributed by atoms with Crippen molar-refractivity contribution in [1.29, 1.82) is 0 Å². The fourth-order valence-electron chi connectivity index (χ4n) is 3.97. The van der Waals surface area contributed by atoms with E-state index in [1.807, 2.05) is 0 Å². The number of morpholine rings is 1. The van der Waals surface area contributed by atoms with Gasteiger partial charge in [0.1, 0.15) is 0 Å². The van der Waals surface area contributed by atoms with E-state index in [0.29, 0.717) is 19.1 Å². The molecule has 7 nitrogen and oxygen atoms in total. The maximum absolute atomic E-state index is 12.3. The molecule has 2 fully saturated rings. The molecule has 1 saturated heterocycles. The minimum atomic E-state index is -0.649. The van der Waals surface area contributed by atoms with Crippen molar-refractivity contribution in [2.45, 2.75) is 70.9 Å². The van der Waals surface area contributed by atoms with Crippen molar-refractivity contribution in [1.82, 2.24) is 10.2 Å². The molecule has 28 heavy (non-hydrogen) atoms. The smallest absolute Gasteiger partial charge is 0.335 e. The summed E-state index contributed by atoms with van der Waals surface area (Å²) >= 11 is 0. The molecule has 2 rings (SSSR count). The van der Waals surface area contributed by atoms with E-state index < -0.39 is 12.1 Å². The average Bonchev–Trinajstić information content (AvgIpc) is 2.71. The Morgan fingerprint density at radius 2 is 1.79 bits per heavy atom. The Morgan fingerprint density at radius 3 is 2.43 bits per heavy atom. The number of hydrogen-bond acceptors (Lipinski definition) is 6. The first-order valence-electron chi connectivity index (χ1n) is 10.8. The normalized spacial score (nSPS) is 21.3. The van der Waals surface area contributed by atoms with Gasteiger partial charge >= 0.3 is 5.97 Å². The third-order valence-electron chi connectivity index (χ3n) is 5.82. The third kappa shape index (κ3) is 7.33. The van der Waals surface area contributed by atoms with E-state index in [2.05, 4.69) is 24.1 Å². The molecule has 0 aromatic rings. The highest BCUT2D eigenvalue weighted by Crippen LogP contribution is 2.33. The Kier molecular flexibility index (Phi) is 9.68. The maximum Gasteiger partial charge on any atom is 0.335 e. The van der Waals surface area contributed by atoms with E-state index in [1.165, 1.54) is 19.3 Å². The van der Waals surface area contributed by atoms with Crippen LogP contribution in [0.25, 0.3) is 0 Å². The Morgan fingerprint density at radius 1 is 1.11 bits per heavy atom. The van der Waals surface area contributed by atoms with Crippen molar-refractivity contribution in [3.63, 3.8) is 0 Å². The van der Waals surface area contributed by atoms with Crippen molar-refractivity contribution in [2.24, 2.45) is 5.92 Å². The second-order valence-corrected chi connectivity index (χ2v) is 8.46. The Balaban J connectivity index is 1.74. The Hall–Kier alpha value is -1.18. The number of rotatable bonds is 10. The lowest BCUT2D eigenvalue weighted by Gasteiger charge is -2.48. The highest BCUT2D eigenvalue weighted by Gasteiger charge is 2.38. The molecule has 1 aliphatic heterocycles. The number of esters is 1. The van der Waals surface area contributed by atoms with Gasteiger partial charge in [-0.3, -0.25) is 9.69 Å². The predicted molar refractivity (Wildman–Crippen MR) is 107 cm³/mol. The van der Waals surface area contributed by atoms with Crippen molar-refractivity contribution in [3.05, 3.63) is 0 Å². The van der Waals surface area contributed by atoms with Crippen LogP contribution >= 0.6 is 0 Å². The first-order valence-corrected chi connectivity index (χ1v) is 10.8. The number of carbonyl (C=O) groups is 2. The van der Waals surface area contributed by atoms with Crippen molar-refractivity contribution in [2.75, 3.05) is 46.1 Å². The van der Waals surface area contributed by atoms with Gasteiger partial charge in [0.25, 0.3) is 5.91 Å². The van der Waals surface area contributed by atoms with E-state index in [4.69, 9.17) is 14.2 Å². The standard InChI is InChI=1S/C21H38N2O5/c1-17(2)7-12-27-18(3)20(25)28-15-19(24)22-16-21(8-5-4-6-9-21)23-10-13-26-14-11-23/h17-18H,4-16H2,1-3H3,(H,22,24). The predicted octanol–water partition coefficient (Wildman–Crippen LogP) is 2.13. The molecule has 7 heteroatoms. The summed E-state index contributed by atoms with van der Waals surface area (Å²) in [5.41, 5.74) is 0.00888. The zero-order valence-electron chi connectivity index (χ0n) is 17.8. The summed E-state index contributed by atoms with van der Waals surface area (Å²) in [6.07, 6.45) is 6.06. The molecular formula is C21H38N2O5. The molecule has 0 bridgehead atoms. The number of amides is 1. The zero-order chi connectivity index (χ0) is 20.4. The van der Waals surface area contributed by atoms with Crippen LogP contribution in [-0.2, 0) is 23.8 Å². The summed E-state index contributed by atoms with van der Waals surface area (Å²) in [6.45, 7) is 10.1. The summed E-state index contributed by atoms with van der Waals surface area (Å²) < 4.78 is 16.1. The number of ether oxygens (including phenoxy) is 3. The van der Waals surface area contributed by atoms with Crippen LogP contribution in [0.4, 0.5) is 0 Å². The van der Waals surface area contributed by atoms with E-state index in [0.717, 1.165) is 45.6 Å². The van der Waals surface area contributed by atoms with Crippen molar-refractivity contribution in [3.8, 4) is 0 Å². The van der Waals surface area contributed by atoms with Gasteiger partial charge in [0.05, 0.1) is 13.2 Å². The molecule has 1 heterocycles. The molecule has 1 N–H and O–H groups in total. The third-order valence-corrected chi connectivity index (χ3v) is 5.82. The van der Waals surface area contributed by atoms with Crippen molar-refractivity contribution < 1.29 is 23.8 Å². The Bertz CT molecular complexity index is 485. The van der Waals surface area contributed by atoms with Crippen LogP contribution in [0.2, 0.25) is 0 Å². The molecular weight excluding hydrogens is 360 g/mol. The fourth-order valence-corrected chi connectivity index (χ4v) is 3.97. The lowest BCUT2D eigenvalue weighted by atomic mass is 9.79. The van der Waals surface area contributed by atoms with Gasteiger partial charge in [-0.25, -0.2) is 4.79 Å². The number of nitrogens with zero attached hydrogens (tertiary/aromatic N) is 1. The topological polar surface area (TPSA) is 77.1 Å². The zero-order valence-corrected chi connectivity index (χ0v) is 17.8. The van der Waals surface area contributed by atoms with Crippen molar-refractivity contribution >= 4 is 11.9 Å². The summed E-state index contributed by atoms with van der Waals surface area (Å²) in [6, 6.07) is 0. The number of nitrogens with one attached hydrogen (secondary N) is 1. The average molecular weight is 399 g/mol. The van der Waals surface area contributed by atoms with Crippen LogP contribution in [0.3, 0.4) is 0 Å². The van der Waals surface area contributed by atoms with Gasteiger partial charge < -0.3 is 19.5 Å². The largest absolute Gasteiger partial charge is 0.454 e. The molecule has 2 aliphatic rings. The minimum absolute atomic E-state index is 0.00888. The molecule has 1 aliphatic carbocycles. The first kappa shape index (κ1) is 23.1. The van der Waals surface area contributed by atoms with Gasteiger partial charge in [-0.05, 0) is 32.1 Å². The summed E-state index contributed by atoms with van der Waals surface area (Å²) in [5, 5.41) is 3.00. The summed E-state index contributed by atoms with van der Waals surface area (Å²) in [5.74, 6) is -0.215. The van der Waals surface area contributed by atoms with Gasteiger partial charge in [-0.1, -0.05) is 33.1 Å². The van der Waals surface area contributed by atoms with Gasteiger partial charge in [0.15, 0.2) is 12.7 Å². The molecule has 1 unspecified atom stereocenters. The SMILES string of the molecule is CC(C)CCOC(C)C(=O)OCC(=O)NCC1(N2CCOCC2)CCCCC1. The number of hydrogen-bond donors (Lipinski definition) is 1. The monoisotopic (exact) mass is 398 g/mol. The van der Waals surface area contributed by atoms with Crippen LogP contribution in [0, 0.1) is 5.92 Å². The molecule has 1 amide bonds. The van der Waals surface area contributed by atoms with Crippen LogP contribution in [0.1, 0.15) is 59.3 Å². The van der Waals surface area contributed by atoms with E-state index >= 15 is 0 Å². The quantitative estimate of drug-likeness (QED) is 0.568. The molecule has 0 radical (unpaired) electrons. The second kappa shape index (κ2) is 11.7. The lowest BCUT2D eigenvalue weighted by Crippen LogP contribution is -2.59. The van der Waals surface area contributed by atoms with Gasteiger partial charge in [0, 0.05) is 31.8 Å². The minimum Gasteiger partial charge on any atom is -0.454 e. The van der Waals surface area contributed by atoms with Gasteiger partial charge in [-0.15, -0.1) is 0 Å². The first-order chi connectivity index (χ1) is 13.4. The van der Waals surface area contributed by atoms with Crippen LogP contribution in [-0.4, -0.2) is 74.5 Å². The van der Waals surface area contributed by atoms with E-state index in [1.54, 1.807) is 6.92 Å². The van der Waals surface area contributed by atoms with E-state index in [9.17, 15) is 9.59 Å². The van der Waals surface area contributed by atoms with Gasteiger partial charge in [0.2, 0.25) is 0 Å². The molecule has 0 aromatic heterocycles. The highest BCUT2D eigenvalue weighted by atomic mass is 16.6. The number of carbonyl (C=O) groups excluding carboxylic acids is 2. The van der Waals surface area contributed by atoms with E-state index in [-0.39, 0.29) is 18.1 Å². The molecule has 1 atom stereocenters. The van der Waals surface area contributed by atoms with Gasteiger partial charge in [-0.2, -0.15) is 0 Å². The second-order valence-electron chi connectivity index (χ2n) is 8.46.